The Kier molecular flexibility index (Phi) is 4.97. The van der Waals surface area contributed by atoms with Gasteiger partial charge in [-0.1, -0.05) is 28.8 Å². The Morgan fingerprint density at radius 1 is 1.43 bits per heavy atom. The quantitative estimate of drug-likeness (QED) is 0.903. The molecule has 6 heteroatoms. The zero-order valence-corrected chi connectivity index (χ0v) is 14.5. The maximum absolute atomic E-state index is 11.8. The lowest BCUT2D eigenvalue weighted by Crippen LogP contribution is -2.38. The molecule has 1 aliphatic heterocycles. The molecule has 0 saturated heterocycles. The van der Waals surface area contributed by atoms with Gasteiger partial charge in [0.1, 0.15) is 6.61 Å². The molecule has 0 unspecified atom stereocenters. The largest absolute Gasteiger partial charge is 0.387 e. The van der Waals surface area contributed by atoms with E-state index in [2.05, 4.69) is 0 Å². The summed E-state index contributed by atoms with van der Waals surface area (Å²) in [7, 11) is 1.67. The molecule has 1 aromatic carbocycles. The van der Waals surface area contributed by atoms with Gasteiger partial charge >= 0.3 is 0 Å². The minimum absolute atomic E-state index is 0.233. The second-order valence-electron chi connectivity index (χ2n) is 5.91. The van der Waals surface area contributed by atoms with Crippen LogP contribution in [0.25, 0.3) is 5.57 Å². The SMILES string of the molecule is COCCc1cc(Cl)c(Cl)c2c1C1=C(CCN(C(=O)CO)C1)C2. The zero-order valence-electron chi connectivity index (χ0n) is 13.0. The standard InChI is InChI=1S/C17H19Cl2NO3/c1-23-5-3-11-7-14(18)17(19)12-6-10-2-4-20(15(22)9-21)8-13(10)16(11)12/h7,21H,2-6,8-9H2,1H3. The van der Waals surface area contributed by atoms with Gasteiger partial charge in [-0.3, -0.25) is 4.79 Å². The van der Waals surface area contributed by atoms with Gasteiger partial charge in [-0.25, -0.2) is 0 Å². The number of fused-ring (bicyclic) bond motifs is 2. The lowest BCUT2D eigenvalue weighted by molar-refractivity contribution is -0.133. The van der Waals surface area contributed by atoms with E-state index in [1.165, 1.54) is 5.57 Å². The van der Waals surface area contributed by atoms with E-state index >= 15 is 0 Å². The molecule has 4 nitrogen and oxygen atoms in total. The van der Waals surface area contributed by atoms with Crippen molar-refractivity contribution in [3.63, 3.8) is 0 Å². The van der Waals surface area contributed by atoms with Crippen LogP contribution >= 0.6 is 23.2 Å². The predicted octanol–water partition coefficient (Wildman–Crippen LogP) is 2.72. The lowest BCUT2D eigenvalue weighted by Gasteiger charge is -2.29. The highest BCUT2D eigenvalue weighted by molar-refractivity contribution is 6.42. The number of carbonyl (C=O) groups is 1. The van der Waals surface area contributed by atoms with Crippen LogP contribution in [-0.2, 0) is 22.4 Å². The number of benzene rings is 1. The Morgan fingerprint density at radius 2 is 2.22 bits per heavy atom. The van der Waals surface area contributed by atoms with E-state index in [1.54, 1.807) is 12.0 Å². The van der Waals surface area contributed by atoms with Crippen LogP contribution in [0.1, 0.15) is 23.1 Å². The van der Waals surface area contributed by atoms with Crippen LogP contribution in [0.15, 0.2) is 11.6 Å². The molecule has 0 fully saturated rings. The highest BCUT2D eigenvalue weighted by Crippen LogP contribution is 2.45. The summed E-state index contributed by atoms with van der Waals surface area (Å²) in [4.78, 5) is 13.5. The summed E-state index contributed by atoms with van der Waals surface area (Å²) in [6.45, 7) is 1.32. The lowest BCUT2D eigenvalue weighted by atomic mass is 9.94. The smallest absolute Gasteiger partial charge is 0.248 e. The summed E-state index contributed by atoms with van der Waals surface area (Å²) in [5.41, 5.74) is 5.79. The highest BCUT2D eigenvalue weighted by atomic mass is 35.5. The zero-order chi connectivity index (χ0) is 16.6. The molecule has 1 aromatic rings. The molecule has 0 spiro atoms. The molecule has 0 bridgehead atoms. The minimum Gasteiger partial charge on any atom is -0.387 e. The van der Waals surface area contributed by atoms with Crippen LogP contribution in [0.2, 0.25) is 10.0 Å². The number of rotatable bonds is 4. The number of hydrogen-bond acceptors (Lipinski definition) is 3. The monoisotopic (exact) mass is 355 g/mol. The number of nitrogens with zero attached hydrogens (tertiary/aromatic N) is 1. The average Bonchev–Trinajstić information content (AvgIpc) is 2.95. The van der Waals surface area contributed by atoms with Crippen molar-refractivity contribution in [3.05, 3.63) is 38.4 Å². The van der Waals surface area contributed by atoms with Gasteiger partial charge in [-0.15, -0.1) is 0 Å². The van der Waals surface area contributed by atoms with Crippen LogP contribution in [0.4, 0.5) is 0 Å². The molecular formula is C17H19Cl2NO3. The van der Waals surface area contributed by atoms with Gasteiger partial charge in [-0.2, -0.15) is 0 Å². The van der Waals surface area contributed by atoms with Crippen LogP contribution in [0, 0.1) is 0 Å². The summed E-state index contributed by atoms with van der Waals surface area (Å²) in [5, 5.41) is 10.3. The highest BCUT2D eigenvalue weighted by Gasteiger charge is 2.32. The van der Waals surface area contributed by atoms with Crippen molar-refractivity contribution < 1.29 is 14.6 Å². The maximum atomic E-state index is 11.8. The summed E-state index contributed by atoms with van der Waals surface area (Å²) in [5.74, 6) is -0.233. The predicted molar refractivity (Wildman–Crippen MR) is 90.9 cm³/mol. The van der Waals surface area contributed by atoms with Gasteiger partial charge in [0.25, 0.3) is 0 Å². The van der Waals surface area contributed by atoms with Gasteiger partial charge in [0.05, 0.1) is 16.7 Å². The van der Waals surface area contributed by atoms with E-state index in [0.717, 1.165) is 41.5 Å². The summed E-state index contributed by atoms with van der Waals surface area (Å²) in [6, 6.07) is 1.91. The second-order valence-corrected chi connectivity index (χ2v) is 6.70. The molecule has 1 amide bonds. The first-order valence-corrected chi connectivity index (χ1v) is 8.41. The molecule has 0 radical (unpaired) electrons. The van der Waals surface area contributed by atoms with E-state index in [9.17, 15) is 4.79 Å². The van der Waals surface area contributed by atoms with Crippen LogP contribution < -0.4 is 0 Å². The van der Waals surface area contributed by atoms with Crippen molar-refractivity contribution in [2.45, 2.75) is 19.3 Å². The van der Waals surface area contributed by atoms with Gasteiger partial charge in [0.15, 0.2) is 0 Å². The van der Waals surface area contributed by atoms with E-state index in [1.807, 2.05) is 6.07 Å². The van der Waals surface area contributed by atoms with Gasteiger partial charge in [0, 0.05) is 20.2 Å². The fraction of sp³-hybridized carbons (Fsp3) is 0.471. The number of ether oxygens (including phenoxy) is 1. The van der Waals surface area contributed by atoms with E-state index < -0.39 is 6.61 Å². The van der Waals surface area contributed by atoms with Gasteiger partial charge in [-0.05, 0) is 47.6 Å². The molecule has 23 heavy (non-hydrogen) atoms. The fourth-order valence-corrected chi connectivity index (χ4v) is 3.93. The molecule has 2 aliphatic rings. The van der Waals surface area contributed by atoms with Crippen molar-refractivity contribution in [3.8, 4) is 0 Å². The third-order valence-corrected chi connectivity index (χ3v) is 5.44. The first-order valence-electron chi connectivity index (χ1n) is 7.65. The van der Waals surface area contributed by atoms with Crippen molar-refractivity contribution in [1.82, 2.24) is 4.90 Å². The van der Waals surface area contributed by atoms with Crippen molar-refractivity contribution in [1.29, 1.82) is 0 Å². The first-order chi connectivity index (χ1) is 11.1. The molecule has 124 valence electrons. The maximum Gasteiger partial charge on any atom is 0.248 e. The Balaban J connectivity index is 2.01. The van der Waals surface area contributed by atoms with E-state index in [0.29, 0.717) is 29.7 Å². The molecule has 1 heterocycles. The number of methoxy groups -OCH3 is 1. The Bertz CT molecular complexity index is 685. The first kappa shape index (κ1) is 16.8. The average molecular weight is 356 g/mol. The summed E-state index contributed by atoms with van der Waals surface area (Å²) < 4.78 is 5.20. The number of halogens is 2. The summed E-state index contributed by atoms with van der Waals surface area (Å²) >= 11 is 12.7. The van der Waals surface area contributed by atoms with Crippen molar-refractivity contribution >= 4 is 34.7 Å². The number of hydrogen-bond donors (Lipinski definition) is 1. The Labute approximate surface area is 145 Å². The van der Waals surface area contributed by atoms with Gasteiger partial charge < -0.3 is 14.7 Å². The second kappa shape index (κ2) is 6.81. The Hall–Kier alpha value is -1.07. The third kappa shape index (κ3) is 3.01. The fourth-order valence-electron chi connectivity index (χ4n) is 3.47. The van der Waals surface area contributed by atoms with Crippen LogP contribution in [0.5, 0.6) is 0 Å². The third-order valence-electron chi connectivity index (χ3n) is 4.61. The normalized spacial score (nSPS) is 16.6. The molecule has 0 aromatic heterocycles. The van der Waals surface area contributed by atoms with E-state index in [4.69, 9.17) is 33.0 Å². The van der Waals surface area contributed by atoms with Crippen LogP contribution in [0.3, 0.4) is 0 Å². The number of aliphatic hydroxyl groups is 1. The molecule has 1 N–H and O–H groups in total. The van der Waals surface area contributed by atoms with Crippen molar-refractivity contribution in [2.75, 3.05) is 33.4 Å². The Morgan fingerprint density at radius 3 is 2.91 bits per heavy atom. The number of amides is 1. The van der Waals surface area contributed by atoms with E-state index in [-0.39, 0.29) is 5.91 Å². The topological polar surface area (TPSA) is 49.8 Å². The molecule has 0 atom stereocenters. The minimum atomic E-state index is -0.451. The molecule has 1 aliphatic carbocycles. The molecule has 0 saturated carbocycles. The van der Waals surface area contributed by atoms with Crippen molar-refractivity contribution in [2.24, 2.45) is 0 Å². The van der Waals surface area contributed by atoms with Gasteiger partial charge in [0.2, 0.25) is 5.91 Å². The number of carbonyl (C=O) groups excluding carboxylic acids is 1. The molecule has 3 rings (SSSR count). The number of aliphatic hydroxyl groups excluding tert-OH is 1. The summed E-state index contributed by atoms with van der Waals surface area (Å²) in [6.07, 6.45) is 2.36. The molecular weight excluding hydrogens is 337 g/mol. The van der Waals surface area contributed by atoms with Crippen LogP contribution in [-0.4, -0.2) is 49.3 Å².